The summed E-state index contributed by atoms with van der Waals surface area (Å²) in [5.41, 5.74) is 7.61. The van der Waals surface area contributed by atoms with E-state index in [4.69, 9.17) is 10.5 Å². The second-order valence-corrected chi connectivity index (χ2v) is 6.32. The lowest BCUT2D eigenvalue weighted by Crippen LogP contribution is -2.32. The molecule has 2 heterocycles. The monoisotopic (exact) mass is 368 g/mol. The molecule has 0 radical (unpaired) electrons. The van der Waals surface area contributed by atoms with Crippen LogP contribution < -0.4 is 5.73 Å². The minimum atomic E-state index is -1.32. The number of pyridine rings is 1. The maximum absolute atomic E-state index is 9.78. The highest BCUT2D eigenvalue weighted by atomic mass is 79.9. The Bertz CT molecular complexity index is 697. The summed E-state index contributed by atoms with van der Waals surface area (Å²) in [5.74, 6) is 0.436. The fourth-order valence-corrected chi connectivity index (χ4v) is 2.97. The van der Waals surface area contributed by atoms with Gasteiger partial charge in [0.05, 0.1) is 16.1 Å². The van der Waals surface area contributed by atoms with Crippen LogP contribution in [0, 0.1) is 0 Å². The van der Waals surface area contributed by atoms with Gasteiger partial charge in [0.15, 0.2) is 6.29 Å². The van der Waals surface area contributed by atoms with Crippen molar-refractivity contribution in [2.75, 3.05) is 5.73 Å². The van der Waals surface area contributed by atoms with Crippen molar-refractivity contribution in [3.63, 3.8) is 0 Å². The molecule has 7 heteroatoms. The Kier molecular flexibility index (Phi) is 4.33. The van der Waals surface area contributed by atoms with Crippen LogP contribution in [0.15, 0.2) is 28.7 Å². The van der Waals surface area contributed by atoms with Gasteiger partial charge in [-0.2, -0.15) is 0 Å². The maximum atomic E-state index is 9.78. The molecule has 22 heavy (non-hydrogen) atoms. The van der Waals surface area contributed by atoms with Gasteiger partial charge in [0.2, 0.25) is 0 Å². The number of halogens is 1. The van der Waals surface area contributed by atoms with Crippen molar-refractivity contribution in [2.24, 2.45) is 0 Å². The van der Waals surface area contributed by atoms with Crippen LogP contribution in [0.1, 0.15) is 12.0 Å². The number of ether oxygens (including phenoxy) is 1. The molecule has 1 fully saturated rings. The van der Waals surface area contributed by atoms with E-state index < -0.39 is 24.6 Å². The smallest absolute Gasteiger partial charge is 0.183 e. The van der Waals surface area contributed by atoms with Crippen molar-refractivity contribution in [1.29, 1.82) is 0 Å². The minimum Gasteiger partial charge on any atom is -0.387 e. The number of nitrogens with two attached hydrogens (primary N) is 1. The van der Waals surface area contributed by atoms with E-state index in [1.54, 1.807) is 0 Å². The molecule has 1 aliphatic rings. The zero-order valence-electron chi connectivity index (χ0n) is 11.7. The average molecular weight is 369 g/mol. The van der Waals surface area contributed by atoms with Gasteiger partial charge in [-0.05, 0) is 46.5 Å². The van der Waals surface area contributed by atoms with E-state index in [0.29, 0.717) is 18.7 Å². The minimum absolute atomic E-state index is 0.436. The van der Waals surface area contributed by atoms with E-state index in [-0.39, 0.29) is 0 Å². The SMILES string of the molecule is Nc1nc2cc(CC[C@H]3OC(O)[C@H](O)[C@@H]3O)ccc2cc1Br. The van der Waals surface area contributed by atoms with Gasteiger partial charge in [-0.1, -0.05) is 12.1 Å². The number of rotatable bonds is 3. The van der Waals surface area contributed by atoms with Crippen molar-refractivity contribution in [1.82, 2.24) is 4.98 Å². The van der Waals surface area contributed by atoms with Crippen LogP contribution in [0.5, 0.6) is 0 Å². The third-order valence-corrected chi connectivity index (χ3v) is 4.55. The summed E-state index contributed by atoms with van der Waals surface area (Å²) in [6.45, 7) is 0. The zero-order valence-corrected chi connectivity index (χ0v) is 13.3. The Labute approximate surface area is 135 Å². The Morgan fingerprint density at radius 2 is 1.95 bits per heavy atom. The number of aliphatic hydroxyl groups excluding tert-OH is 3. The van der Waals surface area contributed by atoms with E-state index in [2.05, 4.69) is 20.9 Å². The number of fused-ring (bicyclic) bond motifs is 1. The molecule has 2 aromatic rings. The van der Waals surface area contributed by atoms with E-state index >= 15 is 0 Å². The molecule has 1 aromatic heterocycles. The highest BCUT2D eigenvalue weighted by Crippen LogP contribution is 2.26. The fourth-order valence-electron chi connectivity index (χ4n) is 2.63. The molecule has 0 bridgehead atoms. The van der Waals surface area contributed by atoms with Crippen LogP contribution in [-0.2, 0) is 11.2 Å². The van der Waals surface area contributed by atoms with E-state index in [1.165, 1.54) is 0 Å². The van der Waals surface area contributed by atoms with Crippen LogP contribution in [0.4, 0.5) is 5.82 Å². The van der Waals surface area contributed by atoms with Crippen molar-refractivity contribution in [2.45, 2.75) is 37.4 Å². The van der Waals surface area contributed by atoms with E-state index in [0.717, 1.165) is 20.9 Å². The molecular formula is C15H17BrN2O4. The number of nitrogens with zero attached hydrogens (tertiary/aromatic N) is 1. The molecule has 6 nitrogen and oxygen atoms in total. The number of nitrogen functional groups attached to an aromatic ring is 1. The van der Waals surface area contributed by atoms with Crippen molar-refractivity contribution < 1.29 is 20.1 Å². The van der Waals surface area contributed by atoms with Gasteiger partial charge in [-0.15, -0.1) is 0 Å². The summed E-state index contributed by atoms with van der Waals surface area (Å²) in [7, 11) is 0. The van der Waals surface area contributed by atoms with Crippen LogP contribution in [0.2, 0.25) is 0 Å². The number of aryl methyl sites for hydroxylation is 1. The van der Waals surface area contributed by atoms with Crippen LogP contribution >= 0.6 is 15.9 Å². The lowest BCUT2D eigenvalue weighted by Gasteiger charge is -2.14. The van der Waals surface area contributed by atoms with Gasteiger partial charge in [0, 0.05) is 5.39 Å². The molecule has 0 saturated carbocycles. The third kappa shape index (κ3) is 2.95. The van der Waals surface area contributed by atoms with E-state index in [1.807, 2.05) is 24.3 Å². The number of hydrogen-bond donors (Lipinski definition) is 4. The number of benzene rings is 1. The first-order valence-corrected chi connectivity index (χ1v) is 7.79. The molecule has 1 aromatic carbocycles. The molecule has 5 N–H and O–H groups in total. The van der Waals surface area contributed by atoms with Gasteiger partial charge < -0.3 is 25.8 Å². The van der Waals surface area contributed by atoms with Gasteiger partial charge in [-0.3, -0.25) is 0 Å². The molecule has 1 aliphatic heterocycles. The number of hydrogen-bond acceptors (Lipinski definition) is 6. The molecule has 1 unspecified atom stereocenters. The molecule has 0 spiro atoms. The summed E-state index contributed by atoms with van der Waals surface area (Å²) >= 11 is 3.35. The lowest BCUT2D eigenvalue weighted by molar-refractivity contribution is -0.127. The van der Waals surface area contributed by atoms with Gasteiger partial charge in [0.25, 0.3) is 0 Å². The number of anilines is 1. The Morgan fingerprint density at radius 3 is 2.64 bits per heavy atom. The summed E-state index contributed by atoms with van der Waals surface area (Å²) < 4.78 is 5.91. The molecular weight excluding hydrogens is 352 g/mol. The largest absolute Gasteiger partial charge is 0.387 e. The first-order valence-electron chi connectivity index (χ1n) is 7.00. The first kappa shape index (κ1) is 15.6. The summed E-state index contributed by atoms with van der Waals surface area (Å²) in [6.07, 6.45) is -3.10. The Balaban J connectivity index is 1.73. The number of aliphatic hydroxyl groups is 3. The summed E-state index contributed by atoms with van der Waals surface area (Å²) in [5, 5.41) is 29.6. The summed E-state index contributed by atoms with van der Waals surface area (Å²) in [6, 6.07) is 7.78. The highest BCUT2D eigenvalue weighted by molar-refractivity contribution is 9.10. The predicted molar refractivity (Wildman–Crippen MR) is 85.1 cm³/mol. The highest BCUT2D eigenvalue weighted by Gasteiger charge is 2.41. The molecule has 118 valence electrons. The second kappa shape index (κ2) is 6.10. The summed E-state index contributed by atoms with van der Waals surface area (Å²) in [4.78, 5) is 4.32. The Morgan fingerprint density at radius 1 is 1.18 bits per heavy atom. The number of aromatic nitrogens is 1. The topological polar surface area (TPSA) is 109 Å². The van der Waals surface area contributed by atoms with Crippen molar-refractivity contribution >= 4 is 32.7 Å². The first-order chi connectivity index (χ1) is 10.5. The van der Waals surface area contributed by atoms with Gasteiger partial charge in [0.1, 0.15) is 18.0 Å². The van der Waals surface area contributed by atoms with Crippen molar-refractivity contribution in [3.8, 4) is 0 Å². The zero-order chi connectivity index (χ0) is 15.9. The third-order valence-electron chi connectivity index (χ3n) is 3.92. The normalized spacial score (nSPS) is 28.4. The molecule has 0 amide bonds. The van der Waals surface area contributed by atoms with Gasteiger partial charge in [-0.25, -0.2) is 4.98 Å². The average Bonchev–Trinajstić information content (AvgIpc) is 2.73. The molecule has 0 aliphatic carbocycles. The maximum Gasteiger partial charge on any atom is 0.183 e. The van der Waals surface area contributed by atoms with Crippen LogP contribution in [0.25, 0.3) is 10.9 Å². The van der Waals surface area contributed by atoms with Crippen LogP contribution in [-0.4, -0.2) is 44.9 Å². The van der Waals surface area contributed by atoms with Crippen LogP contribution in [0.3, 0.4) is 0 Å². The lowest BCUT2D eigenvalue weighted by atomic mass is 10.0. The predicted octanol–water partition coefficient (Wildman–Crippen LogP) is 0.951. The second-order valence-electron chi connectivity index (χ2n) is 5.47. The molecule has 4 atom stereocenters. The molecule has 3 rings (SSSR count). The molecule has 1 saturated heterocycles. The Hall–Kier alpha value is -1.25. The fraction of sp³-hybridized carbons (Fsp3) is 0.400. The standard InChI is InChI=1S/C15H17BrN2O4/c16-9-6-8-3-1-7(5-10(8)18-14(9)17)2-4-11-12(19)13(20)15(21)22-11/h1,3,5-6,11-13,15,19-21H,2,4H2,(H2,17,18)/t11-,12-,13-,15?/m1/s1. The van der Waals surface area contributed by atoms with Gasteiger partial charge >= 0.3 is 0 Å². The quantitative estimate of drug-likeness (QED) is 0.642. The van der Waals surface area contributed by atoms with E-state index in [9.17, 15) is 15.3 Å². The van der Waals surface area contributed by atoms with Crippen molar-refractivity contribution in [3.05, 3.63) is 34.3 Å².